The lowest BCUT2D eigenvalue weighted by molar-refractivity contribution is -0.384. The van der Waals surface area contributed by atoms with E-state index in [1.54, 1.807) is 19.1 Å². The van der Waals surface area contributed by atoms with Gasteiger partial charge in [-0.25, -0.2) is 21.1 Å². The number of rotatable bonds is 7. The molecule has 1 saturated heterocycles. The van der Waals surface area contributed by atoms with Crippen molar-refractivity contribution in [2.24, 2.45) is 0 Å². The lowest BCUT2D eigenvalue weighted by Crippen LogP contribution is -2.41. The molecule has 12 heteroatoms. The third-order valence-corrected chi connectivity index (χ3v) is 8.05. The summed E-state index contributed by atoms with van der Waals surface area (Å²) in [5, 5.41) is 14.7. The SMILES string of the molecule is Cc1ccc(NS(=O)(=O)c2ccc(NC3CCN(S(C)(=O)=O)CC3)c([N+](=O)[O-])c2)c(C)c1. The fourth-order valence-electron chi connectivity index (χ4n) is 3.64. The fraction of sp³-hybridized carbons (Fsp3) is 0.400. The molecule has 2 N–H and O–H groups in total. The lowest BCUT2D eigenvalue weighted by atomic mass is 10.1. The van der Waals surface area contributed by atoms with E-state index < -0.39 is 25.0 Å². The van der Waals surface area contributed by atoms with Gasteiger partial charge < -0.3 is 5.32 Å². The maximum atomic E-state index is 12.8. The number of nitrogens with one attached hydrogen (secondary N) is 2. The lowest BCUT2D eigenvalue weighted by Gasteiger charge is -2.31. The topological polar surface area (TPSA) is 139 Å². The molecule has 0 bridgehead atoms. The molecule has 1 fully saturated rings. The number of hydrogen-bond donors (Lipinski definition) is 2. The summed E-state index contributed by atoms with van der Waals surface area (Å²) in [7, 11) is -7.31. The standard InChI is InChI=1S/C20H26N4O6S2/c1-14-4-6-18(15(2)12-14)22-32(29,30)17-5-7-19(20(13-17)24(25)26)21-16-8-10-23(11-9-16)31(3,27)28/h4-7,12-13,16,21-22H,8-11H2,1-3H3. The monoisotopic (exact) mass is 482 g/mol. The first-order valence-corrected chi connectivity index (χ1v) is 13.3. The summed E-state index contributed by atoms with van der Waals surface area (Å²) in [5.74, 6) is 0. The molecular weight excluding hydrogens is 456 g/mol. The van der Waals surface area contributed by atoms with Crippen LogP contribution in [0.25, 0.3) is 0 Å². The molecule has 2 aromatic carbocycles. The molecule has 2 aromatic rings. The number of aryl methyl sites for hydroxylation is 2. The van der Waals surface area contributed by atoms with Crippen molar-refractivity contribution in [1.82, 2.24) is 4.31 Å². The van der Waals surface area contributed by atoms with Crippen LogP contribution < -0.4 is 10.0 Å². The highest BCUT2D eigenvalue weighted by Gasteiger charge is 2.27. The van der Waals surface area contributed by atoms with E-state index in [2.05, 4.69) is 10.0 Å². The van der Waals surface area contributed by atoms with E-state index in [1.807, 2.05) is 13.0 Å². The molecule has 0 amide bonds. The predicted octanol–water partition coefficient (Wildman–Crippen LogP) is 2.85. The van der Waals surface area contributed by atoms with Crippen LogP contribution >= 0.6 is 0 Å². The summed E-state index contributed by atoms with van der Waals surface area (Å²) in [5.41, 5.74) is 1.95. The number of sulfonamides is 2. The first-order chi connectivity index (χ1) is 14.9. The Balaban J connectivity index is 1.81. The summed E-state index contributed by atoms with van der Waals surface area (Å²) < 4.78 is 52.8. The van der Waals surface area contributed by atoms with Gasteiger partial charge in [-0.3, -0.25) is 14.8 Å². The zero-order chi connectivity index (χ0) is 23.7. The smallest absolute Gasteiger partial charge is 0.293 e. The van der Waals surface area contributed by atoms with Gasteiger partial charge in [0.25, 0.3) is 15.7 Å². The van der Waals surface area contributed by atoms with Crippen LogP contribution in [0, 0.1) is 24.0 Å². The average Bonchev–Trinajstić information content (AvgIpc) is 2.70. The van der Waals surface area contributed by atoms with E-state index in [1.165, 1.54) is 16.4 Å². The first-order valence-electron chi connectivity index (χ1n) is 9.97. The van der Waals surface area contributed by atoms with Gasteiger partial charge in [0.05, 0.1) is 21.8 Å². The van der Waals surface area contributed by atoms with E-state index >= 15 is 0 Å². The molecule has 1 aliphatic heterocycles. The number of nitrogens with zero attached hydrogens (tertiary/aromatic N) is 2. The molecule has 174 valence electrons. The Morgan fingerprint density at radius 3 is 2.19 bits per heavy atom. The molecule has 0 aromatic heterocycles. The van der Waals surface area contributed by atoms with Crippen molar-refractivity contribution in [1.29, 1.82) is 0 Å². The van der Waals surface area contributed by atoms with Gasteiger partial charge in [0.1, 0.15) is 5.69 Å². The van der Waals surface area contributed by atoms with Crippen molar-refractivity contribution in [3.05, 3.63) is 57.6 Å². The van der Waals surface area contributed by atoms with Gasteiger partial charge in [-0.15, -0.1) is 0 Å². The van der Waals surface area contributed by atoms with Crippen LogP contribution in [0.15, 0.2) is 41.3 Å². The molecule has 32 heavy (non-hydrogen) atoms. The van der Waals surface area contributed by atoms with E-state index in [9.17, 15) is 26.9 Å². The van der Waals surface area contributed by atoms with Crippen LogP contribution in [0.2, 0.25) is 0 Å². The Bertz CT molecular complexity index is 1240. The van der Waals surface area contributed by atoms with Gasteiger partial charge in [-0.2, -0.15) is 0 Å². The molecule has 0 aliphatic carbocycles. The summed E-state index contributed by atoms with van der Waals surface area (Å²) in [6.45, 7) is 4.30. The molecule has 1 aliphatic rings. The Hall–Kier alpha value is -2.70. The van der Waals surface area contributed by atoms with E-state index in [0.29, 0.717) is 31.6 Å². The Morgan fingerprint density at radius 1 is 1.00 bits per heavy atom. The summed E-state index contributed by atoms with van der Waals surface area (Å²) >= 11 is 0. The number of hydrogen-bond acceptors (Lipinski definition) is 7. The summed E-state index contributed by atoms with van der Waals surface area (Å²) in [4.78, 5) is 10.8. The molecule has 0 spiro atoms. The van der Waals surface area contributed by atoms with Crippen LogP contribution in [0.4, 0.5) is 17.1 Å². The summed E-state index contributed by atoms with van der Waals surface area (Å²) in [6, 6.07) is 8.81. The number of benzene rings is 2. The van der Waals surface area contributed by atoms with Crippen molar-refractivity contribution in [2.45, 2.75) is 37.6 Å². The quantitative estimate of drug-likeness (QED) is 0.457. The second-order valence-electron chi connectivity index (χ2n) is 7.94. The third-order valence-electron chi connectivity index (χ3n) is 5.38. The van der Waals surface area contributed by atoms with Gasteiger partial charge in [0, 0.05) is 25.2 Å². The van der Waals surface area contributed by atoms with Crippen molar-refractivity contribution in [3.8, 4) is 0 Å². The molecule has 0 saturated carbocycles. The van der Waals surface area contributed by atoms with Crippen LogP contribution in [0.1, 0.15) is 24.0 Å². The van der Waals surface area contributed by atoms with Gasteiger partial charge in [0.2, 0.25) is 10.0 Å². The zero-order valence-corrected chi connectivity index (χ0v) is 19.7. The molecule has 0 atom stereocenters. The van der Waals surface area contributed by atoms with Crippen LogP contribution in [0.5, 0.6) is 0 Å². The average molecular weight is 483 g/mol. The highest BCUT2D eigenvalue weighted by atomic mass is 32.2. The second-order valence-corrected chi connectivity index (χ2v) is 11.6. The molecule has 10 nitrogen and oxygen atoms in total. The maximum Gasteiger partial charge on any atom is 0.293 e. The molecule has 1 heterocycles. The Kier molecular flexibility index (Phi) is 6.77. The number of nitro benzene ring substituents is 1. The van der Waals surface area contributed by atoms with E-state index in [-0.39, 0.29) is 22.3 Å². The minimum Gasteiger partial charge on any atom is -0.377 e. The van der Waals surface area contributed by atoms with Crippen molar-refractivity contribution in [3.63, 3.8) is 0 Å². The summed E-state index contributed by atoms with van der Waals surface area (Å²) in [6.07, 6.45) is 2.12. The van der Waals surface area contributed by atoms with Crippen molar-refractivity contribution >= 4 is 37.1 Å². The van der Waals surface area contributed by atoms with Crippen molar-refractivity contribution < 1.29 is 21.8 Å². The highest BCUT2D eigenvalue weighted by molar-refractivity contribution is 7.92. The van der Waals surface area contributed by atoms with Gasteiger partial charge >= 0.3 is 0 Å². The minimum absolute atomic E-state index is 0.164. The maximum absolute atomic E-state index is 12.8. The molecule has 0 radical (unpaired) electrons. The third kappa shape index (κ3) is 5.56. The normalized spacial score (nSPS) is 16.0. The number of nitro groups is 1. The van der Waals surface area contributed by atoms with Gasteiger partial charge in [0.15, 0.2) is 0 Å². The van der Waals surface area contributed by atoms with Crippen LogP contribution in [-0.2, 0) is 20.0 Å². The first kappa shape index (κ1) is 24.0. The molecular formula is C20H26N4O6S2. The zero-order valence-electron chi connectivity index (χ0n) is 18.0. The molecule has 3 rings (SSSR count). The Labute approximate surface area is 187 Å². The van der Waals surface area contributed by atoms with E-state index in [0.717, 1.165) is 23.4 Å². The van der Waals surface area contributed by atoms with Gasteiger partial charge in [-0.05, 0) is 50.5 Å². The predicted molar refractivity (Wildman–Crippen MR) is 123 cm³/mol. The second kappa shape index (κ2) is 9.04. The number of anilines is 2. The van der Waals surface area contributed by atoms with E-state index in [4.69, 9.17) is 0 Å². The minimum atomic E-state index is -4.03. The Morgan fingerprint density at radius 2 is 1.62 bits per heavy atom. The highest BCUT2D eigenvalue weighted by Crippen LogP contribution is 2.31. The van der Waals surface area contributed by atoms with Crippen LogP contribution in [-0.4, -0.2) is 51.5 Å². The largest absolute Gasteiger partial charge is 0.377 e. The number of piperidine rings is 1. The van der Waals surface area contributed by atoms with Gasteiger partial charge in [-0.1, -0.05) is 17.7 Å². The van der Waals surface area contributed by atoms with Crippen LogP contribution in [0.3, 0.4) is 0 Å². The fourth-order valence-corrected chi connectivity index (χ4v) is 5.66. The molecule has 0 unspecified atom stereocenters. The van der Waals surface area contributed by atoms with Crippen molar-refractivity contribution in [2.75, 3.05) is 29.4 Å².